The molecule has 1 amide bonds. The van der Waals surface area contributed by atoms with E-state index in [-0.39, 0.29) is 5.92 Å². The molecule has 1 N–H and O–H groups in total. The van der Waals surface area contributed by atoms with Crippen molar-refractivity contribution in [2.75, 3.05) is 19.6 Å². The van der Waals surface area contributed by atoms with Gasteiger partial charge in [0.25, 0.3) is 0 Å². The molecule has 2 aliphatic rings. The Kier molecular flexibility index (Phi) is 6.82. The Morgan fingerprint density at radius 1 is 1.17 bits per heavy atom. The number of benzene rings is 1. The lowest BCUT2D eigenvalue weighted by Crippen LogP contribution is -2.32. The van der Waals surface area contributed by atoms with Crippen LogP contribution in [0.25, 0.3) is 0 Å². The number of carbonyl (C=O) groups excluding carboxylic acids is 1. The van der Waals surface area contributed by atoms with E-state index in [2.05, 4.69) is 58.5 Å². The highest BCUT2D eigenvalue weighted by atomic mass is 32.1. The smallest absolute Gasteiger partial charge is 0.475 e. The molecular formula is C21H23F3N2O3S. The first kappa shape index (κ1) is 22.3. The normalized spacial score (nSPS) is 21.3. The fraction of sp³-hybridized carbons (Fsp3) is 0.429. The average molecular weight is 440 g/mol. The highest BCUT2D eigenvalue weighted by Crippen LogP contribution is 2.34. The number of halogens is 3. The Bertz CT molecular complexity index is 886. The summed E-state index contributed by atoms with van der Waals surface area (Å²) < 4.78 is 31.7. The third kappa shape index (κ3) is 5.60. The number of likely N-dealkylation sites (tertiary alicyclic amines) is 2. The van der Waals surface area contributed by atoms with E-state index in [1.165, 1.54) is 16.0 Å². The van der Waals surface area contributed by atoms with Gasteiger partial charge in [0.05, 0.1) is 5.92 Å². The molecule has 0 radical (unpaired) electrons. The van der Waals surface area contributed by atoms with E-state index in [1.807, 2.05) is 0 Å². The molecule has 2 saturated heterocycles. The second-order valence-electron chi connectivity index (χ2n) is 7.65. The van der Waals surface area contributed by atoms with E-state index in [0.717, 1.165) is 32.7 Å². The minimum absolute atomic E-state index is 0.208. The highest BCUT2D eigenvalue weighted by molar-refractivity contribution is 7.09. The maximum Gasteiger partial charge on any atom is 0.490 e. The van der Waals surface area contributed by atoms with Gasteiger partial charge in [0.1, 0.15) is 0 Å². The van der Waals surface area contributed by atoms with Crippen molar-refractivity contribution in [1.82, 2.24) is 9.80 Å². The monoisotopic (exact) mass is 440 g/mol. The van der Waals surface area contributed by atoms with Crippen molar-refractivity contribution in [3.05, 3.63) is 57.8 Å². The molecule has 162 valence electrons. The van der Waals surface area contributed by atoms with Crippen molar-refractivity contribution < 1.29 is 27.9 Å². The standard InChI is InChI=1S/C19H22N2OS.C2HF3O2/c1-14-4-2-5-15(8-14)9-21-11-16-10-20(13-18(16)19(21)22)12-17-6-3-7-23-17;3-2(4,5)1(6)7/h2-8,16,18H,9-13H2,1H3;(H,6,7)/t16-,18-;/m0./s1. The third-order valence-electron chi connectivity index (χ3n) is 5.26. The minimum Gasteiger partial charge on any atom is -0.475 e. The van der Waals surface area contributed by atoms with Crippen LogP contribution in [0.5, 0.6) is 0 Å². The number of carboxylic acids is 1. The van der Waals surface area contributed by atoms with E-state index in [4.69, 9.17) is 9.90 Å². The lowest BCUT2D eigenvalue weighted by Gasteiger charge is -2.21. The molecule has 1 aromatic carbocycles. The van der Waals surface area contributed by atoms with Gasteiger partial charge >= 0.3 is 12.1 Å². The molecule has 9 heteroatoms. The largest absolute Gasteiger partial charge is 0.490 e. The number of hydrogen-bond donors (Lipinski definition) is 1. The molecule has 2 aliphatic heterocycles. The van der Waals surface area contributed by atoms with Gasteiger partial charge in [-0.3, -0.25) is 9.69 Å². The van der Waals surface area contributed by atoms with Crippen molar-refractivity contribution in [2.45, 2.75) is 26.2 Å². The van der Waals surface area contributed by atoms with E-state index >= 15 is 0 Å². The molecule has 2 atom stereocenters. The first-order valence-electron chi connectivity index (χ1n) is 9.52. The van der Waals surface area contributed by atoms with Gasteiger partial charge in [-0.15, -0.1) is 11.3 Å². The van der Waals surface area contributed by atoms with Gasteiger partial charge in [0, 0.05) is 43.5 Å². The van der Waals surface area contributed by atoms with Crippen LogP contribution < -0.4 is 0 Å². The highest BCUT2D eigenvalue weighted by Gasteiger charge is 2.45. The molecule has 3 heterocycles. The van der Waals surface area contributed by atoms with Crippen LogP contribution in [0.3, 0.4) is 0 Å². The van der Waals surface area contributed by atoms with Crippen molar-refractivity contribution in [3.8, 4) is 0 Å². The maximum absolute atomic E-state index is 12.7. The Morgan fingerprint density at radius 3 is 2.47 bits per heavy atom. The number of carboxylic acid groups (broad SMARTS) is 1. The van der Waals surface area contributed by atoms with Crippen LogP contribution in [0.1, 0.15) is 16.0 Å². The first-order valence-corrected chi connectivity index (χ1v) is 10.4. The predicted octanol–water partition coefficient (Wildman–Crippen LogP) is 3.78. The van der Waals surface area contributed by atoms with Gasteiger partial charge in [0.15, 0.2) is 0 Å². The van der Waals surface area contributed by atoms with E-state index < -0.39 is 12.1 Å². The molecule has 0 saturated carbocycles. The topological polar surface area (TPSA) is 60.9 Å². The Hall–Kier alpha value is -2.39. The van der Waals surface area contributed by atoms with Crippen LogP contribution in [0.4, 0.5) is 13.2 Å². The average Bonchev–Trinajstić information content (AvgIpc) is 3.36. The second kappa shape index (κ2) is 9.18. The SMILES string of the molecule is Cc1cccc(CN2C[C@@H]3CN(Cc4cccs4)C[C@@H]3C2=O)c1.O=C(O)C(F)(F)F. The van der Waals surface area contributed by atoms with Crippen molar-refractivity contribution in [2.24, 2.45) is 11.8 Å². The summed E-state index contributed by atoms with van der Waals surface area (Å²) in [5.74, 6) is -1.69. The van der Waals surface area contributed by atoms with Gasteiger partial charge < -0.3 is 10.0 Å². The molecule has 0 spiro atoms. The zero-order valence-corrected chi connectivity index (χ0v) is 17.2. The zero-order valence-electron chi connectivity index (χ0n) is 16.4. The molecule has 0 aliphatic carbocycles. The van der Waals surface area contributed by atoms with Crippen molar-refractivity contribution >= 4 is 23.2 Å². The molecule has 1 aromatic heterocycles. The second-order valence-corrected chi connectivity index (χ2v) is 8.68. The molecular weight excluding hydrogens is 417 g/mol. The van der Waals surface area contributed by atoms with Gasteiger partial charge in [-0.25, -0.2) is 4.79 Å². The van der Waals surface area contributed by atoms with Gasteiger partial charge in [-0.05, 0) is 23.9 Å². The van der Waals surface area contributed by atoms with Crippen LogP contribution in [0, 0.1) is 18.8 Å². The lowest BCUT2D eigenvalue weighted by molar-refractivity contribution is -0.192. The summed E-state index contributed by atoms with van der Waals surface area (Å²) in [5.41, 5.74) is 2.50. The van der Waals surface area contributed by atoms with Crippen LogP contribution >= 0.6 is 11.3 Å². The van der Waals surface area contributed by atoms with Crippen LogP contribution in [0.2, 0.25) is 0 Å². The predicted molar refractivity (Wildman–Crippen MR) is 107 cm³/mol. The van der Waals surface area contributed by atoms with E-state index in [0.29, 0.717) is 11.8 Å². The number of thiophene rings is 1. The molecule has 0 bridgehead atoms. The fourth-order valence-corrected chi connectivity index (χ4v) is 4.70. The molecule has 0 unspecified atom stereocenters. The summed E-state index contributed by atoms with van der Waals surface area (Å²) in [6, 6.07) is 12.8. The Labute approximate surface area is 176 Å². The zero-order chi connectivity index (χ0) is 21.9. The summed E-state index contributed by atoms with van der Waals surface area (Å²) in [6.07, 6.45) is -5.08. The number of alkyl halides is 3. The summed E-state index contributed by atoms with van der Waals surface area (Å²) in [6.45, 7) is 6.75. The maximum atomic E-state index is 12.7. The van der Waals surface area contributed by atoms with E-state index in [9.17, 15) is 18.0 Å². The third-order valence-corrected chi connectivity index (χ3v) is 6.12. The van der Waals surface area contributed by atoms with Gasteiger partial charge in [-0.2, -0.15) is 13.2 Å². The number of fused-ring (bicyclic) bond motifs is 1. The Balaban J connectivity index is 0.000000318. The molecule has 4 rings (SSSR count). The fourth-order valence-electron chi connectivity index (χ4n) is 3.96. The molecule has 2 fully saturated rings. The van der Waals surface area contributed by atoms with Crippen LogP contribution in [-0.4, -0.2) is 52.6 Å². The number of aliphatic carboxylic acids is 1. The van der Waals surface area contributed by atoms with Crippen LogP contribution in [0.15, 0.2) is 41.8 Å². The first-order chi connectivity index (χ1) is 14.1. The number of amides is 1. The van der Waals surface area contributed by atoms with Gasteiger partial charge in [-0.1, -0.05) is 35.9 Å². The van der Waals surface area contributed by atoms with Crippen LogP contribution in [-0.2, 0) is 22.7 Å². The molecule has 30 heavy (non-hydrogen) atoms. The lowest BCUT2D eigenvalue weighted by atomic mass is 10.0. The Morgan fingerprint density at radius 2 is 1.90 bits per heavy atom. The van der Waals surface area contributed by atoms with E-state index in [1.54, 1.807) is 11.3 Å². The number of carbonyl (C=O) groups is 2. The van der Waals surface area contributed by atoms with Crippen molar-refractivity contribution in [1.29, 1.82) is 0 Å². The number of rotatable bonds is 4. The molecule has 5 nitrogen and oxygen atoms in total. The summed E-state index contributed by atoms with van der Waals surface area (Å²) >= 11 is 1.81. The number of hydrogen-bond acceptors (Lipinski definition) is 4. The number of aryl methyl sites for hydroxylation is 1. The quantitative estimate of drug-likeness (QED) is 0.786. The van der Waals surface area contributed by atoms with Gasteiger partial charge in [0.2, 0.25) is 5.91 Å². The molecule has 2 aromatic rings. The number of nitrogens with zero attached hydrogens (tertiary/aromatic N) is 2. The summed E-state index contributed by atoms with van der Waals surface area (Å²) in [4.78, 5) is 27.5. The van der Waals surface area contributed by atoms with Crippen molar-refractivity contribution in [3.63, 3.8) is 0 Å². The summed E-state index contributed by atoms with van der Waals surface area (Å²) in [7, 11) is 0. The summed E-state index contributed by atoms with van der Waals surface area (Å²) in [5, 5.41) is 9.25. The minimum atomic E-state index is -5.08.